The van der Waals surface area contributed by atoms with Crippen molar-refractivity contribution in [2.24, 2.45) is 11.7 Å². The number of ether oxygens (including phenoxy) is 1. The largest absolute Gasteiger partial charge is 0.383 e. The lowest BCUT2D eigenvalue weighted by atomic mass is 9.78. The van der Waals surface area contributed by atoms with Crippen molar-refractivity contribution in [1.82, 2.24) is 4.90 Å². The van der Waals surface area contributed by atoms with Gasteiger partial charge in [0, 0.05) is 25.7 Å². The molecule has 94 valence electrons. The predicted molar refractivity (Wildman–Crippen MR) is 66.4 cm³/mol. The second-order valence-corrected chi connectivity index (χ2v) is 5.34. The van der Waals surface area contributed by atoms with Crippen LogP contribution in [0.3, 0.4) is 0 Å². The van der Waals surface area contributed by atoms with Gasteiger partial charge in [0.15, 0.2) is 0 Å². The number of likely N-dealkylation sites (tertiary alicyclic amines) is 1. The Morgan fingerprint density at radius 2 is 2.00 bits per heavy atom. The van der Waals surface area contributed by atoms with Crippen molar-refractivity contribution >= 4 is 0 Å². The second kappa shape index (κ2) is 5.99. The van der Waals surface area contributed by atoms with Gasteiger partial charge < -0.3 is 10.5 Å². The Hall–Kier alpha value is -0.120. The monoisotopic (exact) mass is 226 g/mol. The van der Waals surface area contributed by atoms with Crippen LogP contribution in [0.15, 0.2) is 0 Å². The predicted octanol–water partition coefficient (Wildman–Crippen LogP) is 1.61. The summed E-state index contributed by atoms with van der Waals surface area (Å²) in [5.41, 5.74) is 5.89. The molecule has 2 rings (SSSR count). The maximum absolute atomic E-state index is 5.89. The Morgan fingerprint density at radius 3 is 2.75 bits per heavy atom. The van der Waals surface area contributed by atoms with Crippen molar-refractivity contribution < 1.29 is 4.74 Å². The summed E-state index contributed by atoms with van der Waals surface area (Å²) in [5.74, 6) is 0.938. The quantitative estimate of drug-likeness (QED) is 0.791. The van der Waals surface area contributed by atoms with E-state index in [1.54, 1.807) is 7.11 Å². The molecule has 0 aromatic heterocycles. The summed E-state index contributed by atoms with van der Waals surface area (Å²) in [5, 5.41) is 0. The van der Waals surface area contributed by atoms with Gasteiger partial charge in [0.25, 0.3) is 0 Å². The number of nitrogens with zero attached hydrogens (tertiary/aromatic N) is 1. The highest BCUT2D eigenvalue weighted by molar-refractivity contribution is 4.90. The molecule has 1 saturated heterocycles. The van der Waals surface area contributed by atoms with Gasteiger partial charge in [0.2, 0.25) is 0 Å². The third-order valence-corrected chi connectivity index (χ3v) is 4.39. The van der Waals surface area contributed by atoms with Gasteiger partial charge in [-0.05, 0) is 38.1 Å². The first-order chi connectivity index (χ1) is 7.86. The molecule has 0 aromatic carbocycles. The number of piperidine rings is 1. The Balaban J connectivity index is 2.00. The van der Waals surface area contributed by atoms with Gasteiger partial charge in [-0.2, -0.15) is 0 Å². The maximum Gasteiger partial charge on any atom is 0.0630 e. The van der Waals surface area contributed by atoms with Crippen molar-refractivity contribution in [2.45, 2.75) is 50.6 Å². The molecule has 0 aromatic rings. The van der Waals surface area contributed by atoms with Gasteiger partial charge in [-0.25, -0.2) is 0 Å². The zero-order chi connectivity index (χ0) is 11.4. The summed E-state index contributed by atoms with van der Waals surface area (Å²) in [7, 11) is 1.78. The third-order valence-electron chi connectivity index (χ3n) is 4.39. The average Bonchev–Trinajstić information content (AvgIpc) is 2.35. The topological polar surface area (TPSA) is 38.5 Å². The standard InChI is InChI=1S/C13H26N2O/c1-16-10-12(9-14)15-8-4-6-11-5-2-3-7-13(11)15/h11-13H,2-10,14H2,1H3/t11-,12?,13-/m1/s1. The summed E-state index contributed by atoms with van der Waals surface area (Å²) < 4.78 is 5.31. The molecule has 3 heteroatoms. The Kier molecular flexibility index (Phi) is 4.62. The van der Waals surface area contributed by atoms with Crippen LogP contribution < -0.4 is 5.73 Å². The van der Waals surface area contributed by atoms with Crippen LogP contribution in [0.4, 0.5) is 0 Å². The molecule has 0 bridgehead atoms. The molecule has 1 unspecified atom stereocenters. The number of hydrogen-bond acceptors (Lipinski definition) is 3. The average molecular weight is 226 g/mol. The lowest BCUT2D eigenvalue weighted by Crippen LogP contribution is -2.55. The normalized spacial score (nSPS) is 33.4. The maximum atomic E-state index is 5.89. The first-order valence-electron chi connectivity index (χ1n) is 6.81. The summed E-state index contributed by atoms with van der Waals surface area (Å²) >= 11 is 0. The molecule has 16 heavy (non-hydrogen) atoms. The van der Waals surface area contributed by atoms with Gasteiger partial charge in [-0.3, -0.25) is 4.90 Å². The Bertz CT molecular complexity index is 208. The zero-order valence-electron chi connectivity index (χ0n) is 10.5. The van der Waals surface area contributed by atoms with Crippen molar-refractivity contribution in [3.8, 4) is 0 Å². The van der Waals surface area contributed by atoms with Crippen LogP contribution >= 0.6 is 0 Å². The number of methoxy groups -OCH3 is 1. The molecule has 3 nitrogen and oxygen atoms in total. The fourth-order valence-corrected chi connectivity index (χ4v) is 3.61. The number of hydrogen-bond donors (Lipinski definition) is 1. The van der Waals surface area contributed by atoms with E-state index in [2.05, 4.69) is 4.90 Å². The minimum absolute atomic E-state index is 0.441. The van der Waals surface area contributed by atoms with Gasteiger partial charge in [-0.15, -0.1) is 0 Å². The molecular weight excluding hydrogens is 200 g/mol. The van der Waals surface area contributed by atoms with E-state index in [1.807, 2.05) is 0 Å². The summed E-state index contributed by atoms with van der Waals surface area (Å²) in [6.45, 7) is 2.75. The fraction of sp³-hybridized carbons (Fsp3) is 1.00. The van der Waals surface area contributed by atoms with Crippen molar-refractivity contribution in [2.75, 3.05) is 26.8 Å². The van der Waals surface area contributed by atoms with Crippen LogP contribution in [-0.2, 0) is 4.74 Å². The Labute approximate surface area is 99.3 Å². The zero-order valence-corrected chi connectivity index (χ0v) is 10.5. The van der Waals surface area contributed by atoms with Crippen LogP contribution in [0.1, 0.15) is 38.5 Å². The van der Waals surface area contributed by atoms with Gasteiger partial charge in [0.05, 0.1) is 6.61 Å². The highest BCUT2D eigenvalue weighted by Crippen LogP contribution is 2.36. The minimum Gasteiger partial charge on any atom is -0.383 e. The van der Waals surface area contributed by atoms with E-state index in [0.29, 0.717) is 6.04 Å². The second-order valence-electron chi connectivity index (χ2n) is 5.34. The molecular formula is C13H26N2O. The van der Waals surface area contributed by atoms with E-state index in [9.17, 15) is 0 Å². The van der Waals surface area contributed by atoms with Gasteiger partial charge in [0.1, 0.15) is 0 Å². The van der Waals surface area contributed by atoms with E-state index in [0.717, 1.165) is 25.1 Å². The molecule has 1 heterocycles. The highest BCUT2D eigenvalue weighted by Gasteiger charge is 2.35. The Morgan fingerprint density at radius 1 is 1.25 bits per heavy atom. The van der Waals surface area contributed by atoms with Crippen LogP contribution in [-0.4, -0.2) is 43.8 Å². The first kappa shape index (κ1) is 12.3. The van der Waals surface area contributed by atoms with E-state index in [-0.39, 0.29) is 0 Å². The SMILES string of the molecule is COCC(CN)N1CCC[C@H]2CCCC[C@H]21. The molecule has 2 aliphatic rings. The third kappa shape index (κ3) is 2.58. The van der Waals surface area contributed by atoms with Crippen LogP contribution in [0.5, 0.6) is 0 Å². The molecule has 3 atom stereocenters. The molecule has 2 fully saturated rings. The number of fused-ring (bicyclic) bond motifs is 1. The smallest absolute Gasteiger partial charge is 0.0630 e. The first-order valence-corrected chi connectivity index (χ1v) is 6.81. The van der Waals surface area contributed by atoms with Crippen molar-refractivity contribution in [3.05, 3.63) is 0 Å². The molecule has 1 saturated carbocycles. The summed E-state index contributed by atoms with van der Waals surface area (Å²) in [6, 6.07) is 1.24. The van der Waals surface area contributed by atoms with E-state index >= 15 is 0 Å². The molecule has 1 aliphatic heterocycles. The van der Waals surface area contributed by atoms with E-state index in [1.165, 1.54) is 45.1 Å². The molecule has 0 spiro atoms. The molecule has 0 amide bonds. The minimum atomic E-state index is 0.441. The summed E-state index contributed by atoms with van der Waals surface area (Å²) in [4.78, 5) is 2.65. The molecule has 1 aliphatic carbocycles. The lowest BCUT2D eigenvalue weighted by Gasteiger charge is -2.47. The van der Waals surface area contributed by atoms with E-state index < -0.39 is 0 Å². The number of nitrogens with two attached hydrogens (primary N) is 1. The molecule has 2 N–H and O–H groups in total. The highest BCUT2D eigenvalue weighted by atomic mass is 16.5. The van der Waals surface area contributed by atoms with Crippen molar-refractivity contribution in [3.63, 3.8) is 0 Å². The van der Waals surface area contributed by atoms with Gasteiger partial charge in [-0.1, -0.05) is 12.8 Å². The van der Waals surface area contributed by atoms with Crippen LogP contribution in [0, 0.1) is 5.92 Å². The van der Waals surface area contributed by atoms with E-state index in [4.69, 9.17) is 10.5 Å². The fourth-order valence-electron chi connectivity index (χ4n) is 3.61. The van der Waals surface area contributed by atoms with Gasteiger partial charge >= 0.3 is 0 Å². The van der Waals surface area contributed by atoms with Crippen LogP contribution in [0.2, 0.25) is 0 Å². The summed E-state index contributed by atoms with van der Waals surface area (Å²) in [6.07, 6.45) is 8.44. The van der Waals surface area contributed by atoms with Crippen molar-refractivity contribution in [1.29, 1.82) is 0 Å². The number of rotatable bonds is 4. The molecule has 0 radical (unpaired) electrons. The van der Waals surface area contributed by atoms with Crippen LogP contribution in [0.25, 0.3) is 0 Å². The lowest BCUT2D eigenvalue weighted by molar-refractivity contribution is -0.000135.